The first kappa shape index (κ1) is 27.8. The van der Waals surface area contributed by atoms with Crippen LogP contribution in [0.3, 0.4) is 0 Å². The van der Waals surface area contributed by atoms with Gasteiger partial charge in [0.1, 0.15) is 11.3 Å². The summed E-state index contributed by atoms with van der Waals surface area (Å²) in [7, 11) is 1.74. The molecule has 2 aromatic heterocycles. The zero-order chi connectivity index (χ0) is 29.9. The molecule has 216 valence electrons. The number of aromatic nitrogens is 1. The van der Waals surface area contributed by atoms with E-state index in [9.17, 15) is 14.7 Å². The van der Waals surface area contributed by atoms with Gasteiger partial charge in [0, 0.05) is 35.9 Å². The summed E-state index contributed by atoms with van der Waals surface area (Å²) in [6.45, 7) is 2.45. The van der Waals surface area contributed by atoms with Crippen LogP contribution in [0, 0.1) is 0 Å². The molecule has 0 radical (unpaired) electrons. The molecule has 0 aliphatic carbocycles. The first-order chi connectivity index (χ1) is 21.0. The maximum Gasteiger partial charge on any atom is 0.344 e. The maximum atomic E-state index is 13.6. The van der Waals surface area contributed by atoms with Crippen molar-refractivity contribution >= 4 is 33.6 Å². The molecule has 0 saturated heterocycles. The highest BCUT2D eigenvalue weighted by atomic mass is 16.4. The predicted molar refractivity (Wildman–Crippen MR) is 171 cm³/mol. The lowest BCUT2D eigenvalue weighted by molar-refractivity contribution is 0.247. The third-order valence-corrected chi connectivity index (χ3v) is 8.04. The first-order valence-corrected chi connectivity index (χ1v) is 14.5. The monoisotopic (exact) mass is 571 g/mol. The molecule has 0 aliphatic heterocycles. The number of nitrogens with zero attached hydrogens (tertiary/aromatic N) is 1. The summed E-state index contributed by atoms with van der Waals surface area (Å²) in [4.78, 5) is 31.8. The van der Waals surface area contributed by atoms with E-state index in [1.54, 1.807) is 30.1 Å². The van der Waals surface area contributed by atoms with Gasteiger partial charge in [-0.15, -0.1) is 0 Å². The van der Waals surface area contributed by atoms with Crippen molar-refractivity contribution in [3.05, 3.63) is 141 Å². The van der Waals surface area contributed by atoms with E-state index in [1.807, 2.05) is 78.9 Å². The Morgan fingerprint density at radius 1 is 0.930 bits per heavy atom. The van der Waals surface area contributed by atoms with E-state index in [-0.39, 0.29) is 17.3 Å². The summed E-state index contributed by atoms with van der Waals surface area (Å²) in [6, 6.07) is 32.3. The smallest absolute Gasteiger partial charge is 0.344 e. The summed E-state index contributed by atoms with van der Waals surface area (Å²) in [5, 5.41) is 16.1. The van der Waals surface area contributed by atoms with Crippen LogP contribution < -0.4 is 15.8 Å². The lowest BCUT2D eigenvalue weighted by Gasteiger charge is -2.21. The summed E-state index contributed by atoms with van der Waals surface area (Å²) < 4.78 is 5.76. The number of nitrogens with one attached hydrogen (secondary N) is 2. The number of hydrogen-bond acceptors (Lipinski definition) is 4. The second-order valence-electron chi connectivity index (χ2n) is 10.6. The number of aryl methyl sites for hydroxylation is 1. The van der Waals surface area contributed by atoms with E-state index >= 15 is 0 Å². The van der Waals surface area contributed by atoms with E-state index in [4.69, 9.17) is 4.42 Å². The molecule has 6 rings (SSSR count). The number of carbonyl (C=O) groups excluding carboxylic acids is 1. The second kappa shape index (κ2) is 11.9. The van der Waals surface area contributed by atoms with Crippen molar-refractivity contribution in [2.75, 3.05) is 18.5 Å². The molecule has 43 heavy (non-hydrogen) atoms. The molecule has 0 fully saturated rings. The van der Waals surface area contributed by atoms with Gasteiger partial charge in [-0.2, -0.15) is 0 Å². The molecule has 0 bridgehead atoms. The highest BCUT2D eigenvalue weighted by Crippen LogP contribution is 2.41. The van der Waals surface area contributed by atoms with Crippen molar-refractivity contribution in [2.45, 2.75) is 25.7 Å². The minimum Gasteiger partial charge on any atom is -0.507 e. The Bertz CT molecular complexity index is 1980. The fourth-order valence-corrected chi connectivity index (χ4v) is 5.79. The number of anilines is 1. The van der Waals surface area contributed by atoms with Crippen LogP contribution in [0.4, 0.5) is 10.5 Å². The van der Waals surface area contributed by atoms with E-state index in [0.29, 0.717) is 23.9 Å². The van der Waals surface area contributed by atoms with Crippen LogP contribution in [0.15, 0.2) is 112 Å². The second-order valence-corrected chi connectivity index (χ2v) is 10.6. The molecule has 1 atom stereocenters. The summed E-state index contributed by atoms with van der Waals surface area (Å²) >= 11 is 0. The number of aromatic amines is 1. The van der Waals surface area contributed by atoms with Crippen molar-refractivity contribution in [3.63, 3.8) is 0 Å². The summed E-state index contributed by atoms with van der Waals surface area (Å²) in [6.07, 6.45) is 1.32. The minimum absolute atomic E-state index is 0.0962. The number of amides is 2. The average molecular weight is 572 g/mol. The van der Waals surface area contributed by atoms with Crippen molar-refractivity contribution < 1.29 is 14.3 Å². The molecule has 4 aromatic carbocycles. The van der Waals surface area contributed by atoms with E-state index in [2.05, 4.69) is 23.3 Å². The Labute approximate surface area is 249 Å². The fourth-order valence-electron chi connectivity index (χ4n) is 5.79. The first-order valence-electron chi connectivity index (χ1n) is 14.5. The van der Waals surface area contributed by atoms with Gasteiger partial charge >= 0.3 is 11.7 Å². The van der Waals surface area contributed by atoms with Gasteiger partial charge in [0.15, 0.2) is 0 Å². The van der Waals surface area contributed by atoms with Gasteiger partial charge in [-0.25, -0.2) is 9.59 Å². The largest absolute Gasteiger partial charge is 0.507 e. The Morgan fingerprint density at radius 3 is 2.44 bits per heavy atom. The summed E-state index contributed by atoms with van der Waals surface area (Å²) in [5.74, 6) is -0.737. The lowest BCUT2D eigenvalue weighted by Crippen LogP contribution is -2.38. The van der Waals surface area contributed by atoms with Gasteiger partial charge in [0.2, 0.25) is 0 Å². The number of urea groups is 1. The van der Waals surface area contributed by atoms with Gasteiger partial charge < -0.3 is 19.8 Å². The van der Waals surface area contributed by atoms with Crippen LogP contribution in [0.1, 0.15) is 40.8 Å². The van der Waals surface area contributed by atoms with Gasteiger partial charge in [0.05, 0.1) is 16.9 Å². The van der Waals surface area contributed by atoms with Crippen LogP contribution in [-0.4, -0.2) is 29.7 Å². The topological polar surface area (TPSA) is 98.6 Å². The molecule has 2 heterocycles. The third-order valence-electron chi connectivity index (χ3n) is 8.04. The number of para-hydroxylation sites is 3. The molecule has 1 unspecified atom stereocenters. The number of carbonyl (C=O) groups is 1. The van der Waals surface area contributed by atoms with Crippen LogP contribution in [0.5, 0.6) is 5.75 Å². The average Bonchev–Trinajstić information content (AvgIpc) is 3.40. The molecule has 0 saturated carbocycles. The Kier molecular flexibility index (Phi) is 7.71. The normalized spacial score (nSPS) is 12.0. The lowest BCUT2D eigenvalue weighted by atomic mass is 9.84. The quantitative estimate of drug-likeness (QED) is 0.170. The maximum absolute atomic E-state index is 13.6. The zero-order valence-electron chi connectivity index (χ0n) is 24.1. The predicted octanol–water partition coefficient (Wildman–Crippen LogP) is 7.11. The fraction of sp³-hybridized carbons (Fsp3) is 0.167. The number of rotatable bonds is 8. The number of hydrogen-bond donors (Lipinski definition) is 3. The number of aromatic hydroxyl groups is 1. The third kappa shape index (κ3) is 5.37. The molecule has 0 aliphatic rings. The molecule has 6 aromatic rings. The standard InChI is InChI=1S/C36H33N3O4/c1-3-23-12-11-13-24(22-23)31(32-34(40)28-17-8-10-19-30(28)43-35(32)41)33-27(26-16-7-9-18-29(26)38-33)20-21-37-36(42)39(2)25-14-5-4-6-15-25/h4-19,22,31,38,40H,3,20-21H2,1-2H3,(H,37,42). The number of benzene rings is 4. The number of H-pyrrole nitrogens is 1. The SMILES string of the molecule is CCc1cccc(C(c2[nH]c3ccccc3c2CCNC(=O)N(C)c2ccccc2)c2c(O)c3ccccc3oc2=O)c1. The van der Waals surface area contributed by atoms with Gasteiger partial charge in [-0.3, -0.25) is 4.90 Å². The molecule has 7 heteroatoms. The van der Waals surface area contributed by atoms with Gasteiger partial charge in [0.25, 0.3) is 0 Å². The Balaban J connectivity index is 1.46. The van der Waals surface area contributed by atoms with Crippen LogP contribution >= 0.6 is 0 Å². The van der Waals surface area contributed by atoms with Crippen molar-refractivity contribution in [2.24, 2.45) is 0 Å². The van der Waals surface area contributed by atoms with Crippen molar-refractivity contribution in [3.8, 4) is 5.75 Å². The highest BCUT2D eigenvalue weighted by Gasteiger charge is 2.30. The zero-order valence-corrected chi connectivity index (χ0v) is 24.1. The molecular weight excluding hydrogens is 538 g/mol. The number of fused-ring (bicyclic) bond motifs is 2. The highest BCUT2D eigenvalue weighted by molar-refractivity contribution is 5.91. The van der Waals surface area contributed by atoms with Crippen molar-refractivity contribution in [1.29, 1.82) is 0 Å². The van der Waals surface area contributed by atoms with Gasteiger partial charge in [-0.05, 0) is 59.9 Å². The van der Waals surface area contributed by atoms with Gasteiger partial charge in [-0.1, -0.05) is 79.7 Å². The summed E-state index contributed by atoms with van der Waals surface area (Å²) in [5.41, 5.74) is 5.31. The van der Waals surface area contributed by atoms with Crippen LogP contribution in [0.2, 0.25) is 0 Å². The van der Waals surface area contributed by atoms with Crippen molar-refractivity contribution in [1.82, 2.24) is 10.3 Å². The van der Waals surface area contributed by atoms with Crippen LogP contribution in [0.25, 0.3) is 21.9 Å². The van der Waals surface area contributed by atoms with E-state index in [0.717, 1.165) is 45.4 Å². The molecular formula is C36H33N3O4. The van der Waals surface area contributed by atoms with Crippen LogP contribution in [-0.2, 0) is 12.8 Å². The Hall–Kier alpha value is -5.30. The molecule has 7 nitrogen and oxygen atoms in total. The molecule has 3 N–H and O–H groups in total. The van der Waals surface area contributed by atoms with E-state index in [1.165, 1.54) is 0 Å². The Morgan fingerprint density at radius 2 is 1.65 bits per heavy atom. The van der Waals surface area contributed by atoms with E-state index < -0.39 is 11.5 Å². The molecule has 2 amide bonds. The molecule has 0 spiro atoms. The minimum atomic E-state index is -0.641.